The van der Waals surface area contributed by atoms with Crippen molar-refractivity contribution in [2.45, 2.75) is 69.8 Å². The minimum atomic E-state index is -0.841. The van der Waals surface area contributed by atoms with E-state index in [9.17, 15) is 14.7 Å². The van der Waals surface area contributed by atoms with Gasteiger partial charge in [-0.3, -0.25) is 14.5 Å². The van der Waals surface area contributed by atoms with Gasteiger partial charge in [-0.1, -0.05) is 31.0 Å². The lowest BCUT2D eigenvalue weighted by atomic mass is 9.76. The molecule has 7 heteroatoms. The van der Waals surface area contributed by atoms with Gasteiger partial charge in [-0.05, 0) is 56.6 Å². The summed E-state index contributed by atoms with van der Waals surface area (Å²) in [7, 11) is 1.64. The van der Waals surface area contributed by atoms with Crippen molar-refractivity contribution in [1.29, 1.82) is 0 Å². The molecule has 0 bridgehead atoms. The largest absolute Gasteiger partial charge is 0.496 e. The second-order valence-corrected chi connectivity index (χ2v) is 9.78. The molecule has 0 atom stereocenters. The molecular formula is C25H37ClN2O4. The number of amides is 2. The number of carbonyl (C=O) groups is 2. The highest BCUT2D eigenvalue weighted by Gasteiger charge is 2.44. The fraction of sp³-hybridized carbons (Fsp3) is 0.680. The summed E-state index contributed by atoms with van der Waals surface area (Å²) in [5.41, 5.74) is 0.0159. The summed E-state index contributed by atoms with van der Waals surface area (Å²) in [5, 5.41) is 11.2. The van der Waals surface area contributed by atoms with Crippen LogP contribution in [0.1, 0.15) is 69.8 Å². The summed E-state index contributed by atoms with van der Waals surface area (Å²) in [4.78, 5) is 29.0. The summed E-state index contributed by atoms with van der Waals surface area (Å²) in [6, 6.07) is 7.72. The zero-order chi connectivity index (χ0) is 21.9. The molecule has 1 spiro atoms. The maximum atomic E-state index is 12.6. The van der Waals surface area contributed by atoms with E-state index in [1.165, 1.54) is 4.90 Å². The number of piperidine rings is 2. The first-order valence-electron chi connectivity index (χ1n) is 11.9. The highest BCUT2D eigenvalue weighted by molar-refractivity contribution is 5.98. The van der Waals surface area contributed by atoms with Gasteiger partial charge in [-0.15, -0.1) is 12.4 Å². The number of para-hydroxylation sites is 1. The molecule has 1 aromatic rings. The van der Waals surface area contributed by atoms with Crippen LogP contribution in [0.5, 0.6) is 5.75 Å². The quantitative estimate of drug-likeness (QED) is 0.489. The Morgan fingerprint density at radius 2 is 1.53 bits per heavy atom. The average Bonchev–Trinajstić information content (AvgIpc) is 3.21. The molecule has 3 fully saturated rings. The normalized spacial score (nSPS) is 22.8. The van der Waals surface area contributed by atoms with E-state index in [1.807, 2.05) is 24.3 Å². The number of aliphatic hydroxyl groups is 1. The van der Waals surface area contributed by atoms with E-state index in [2.05, 4.69) is 4.90 Å². The topological polar surface area (TPSA) is 70.1 Å². The van der Waals surface area contributed by atoms with Gasteiger partial charge in [0.1, 0.15) is 5.75 Å². The lowest BCUT2D eigenvalue weighted by Crippen LogP contribution is -2.47. The summed E-state index contributed by atoms with van der Waals surface area (Å²) >= 11 is 0. The van der Waals surface area contributed by atoms with Crippen LogP contribution in [0.3, 0.4) is 0 Å². The van der Waals surface area contributed by atoms with Crippen LogP contribution in [0.4, 0.5) is 0 Å². The third kappa shape index (κ3) is 5.29. The first-order valence-corrected chi connectivity index (χ1v) is 11.9. The summed E-state index contributed by atoms with van der Waals surface area (Å²) in [6.07, 6.45) is 8.66. The molecule has 0 radical (unpaired) electrons. The molecule has 1 N–H and O–H groups in total. The Balaban J connectivity index is 0.00000289. The number of rotatable bonds is 7. The lowest BCUT2D eigenvalue weighted by Gasteiger charge is -2.39. The van der Waals surface area contributed by atoms with Gasteiger partial charge < -0.3 is 14.7 Å². The highest BCUT2D eigenvalue weighted by atomic mass is 35.5. The van der Waals surface area contributed by atoms with Crippen molar-refractivity contribution in [3.05, 3.63) is 29.8 Å². The van der Waals surface area contributed by atoms with Gasteiger partial charge in [0, 0.05) is 38.0 Å². The molecule has 3 aliphatic rings. The van der Waals surface area contributed by atoms with E-state index in [4.69, 9.17) is 4.74 Å². The average molecular weight is 465 g/mol. The van der Waals surface area contributed by atoms with Crippen LogP contribution in [-0.2, 0) is 15.2 Å². The minimum Gasteiger partial charge on any atom is -0.496 e. The van der Waals surface area contributed by atoms with Crippen LogP contribution >= 0.6 is 12.4 Å². The van der Waals surface area contributed by atoms with Gasteiger partial charge in [0.15, 0.2) is 0 Å². The molecule has 178 valence electrons. The van der Waals surface area contributed by atoms with Gasteiger partial charge in [0.2, 0.25) is 11.8 Å². The number of imide groups is 1. The van der Waals surface area contributed by atoms with Crippen LogP contribution in [-0.4, -0.2) is 60.0 Å². The zero-order valence-corrected chi connectivity index (χ0v) is 20.0. The number of likely N-dealkylation sites (tertiary alicyclic amines) is 2. The minimum absolute atomic E-state index is 0. The van der Waals surface area contributed by atoms with Crippen LogP contribution in [0.15, 0.2) is 24.3 Å². The van der Waals surface area contributed by atoms with Crippen molar-refractivity contribution in [2.24, 2.45) is 5.41 Å². The predicted molar refractivity (Wildman–Crippen MR) is 126 cm³/mol. The van der Waals surface area contributed by atoms with Crippen LogP contribution in [0.2, 0.25) is 0 Å². The van der Waals surface area contributed by atoms with E-state index in [0.29, 0.717) is 32.2 Å². The Hall–Kier alpha value is -1.63. The third-order valence-electron chi connectivity index (χ3n) is 7.72. The standard InChI is InChI=1S/C25H36N2O4.ClH/c1-31-21-9-3-2-8-20(21)25(30)12-16-26(17-13-25)14-6-7-15-27-22(28)18-24(19-23(27)29)10-4-5-11-24;/h2-3,8-9,30H,4-7,10-19H2,1H3;1H. The molecule has 2 saturated heterocycles. The number of carbonyl (C=O) groups excluding carboxylic acids is 2. The molecule has 32 heavy (non-hydrogen) atoms. The Bertz CT molecular complexity index is 781. The highest BCUT2D eigenvalue weighted by Crippen LogP contribution is 2.47. The molecular weight excluding hydrogens is 428 g/mol. The Kier molecular flexibility index (Phi) is 8.23. The summed E-state index contributed by atoms with van der Waals surface area (Å²) in [6.45, 7) is 3.15. The van der Waals surface area contributed by atoms with Crippen molar-refractivity contribution in [2.75, 3.05) is 33.3 Å². The van der Waals surface area contributed by atoms with Crippen molar-refractivity contribution in [3.8, 4) is 5.75 Å². The van der Waals surface area contributed by atoms with E-state index in [-0.39, 0.29) is 29.6 Å². The molecule has 1 saturated carbocycles. The van der Waals surface area contributed by atoms with E-state index in [1.54, 1.807) is 7.11 Å². The number of methoxy groups -OCH3 is 1. The van der Waals surface area contributed by atoms with E-state index < -0.39 is 5.60 Å². The molecule has 0 aromatic heterocycles. The second kappa shape index (κ2) is 10.5. The van der Waals surface area contributed by atoms with Gasteiger partial charge in [-0.2, -0.15) is 0 Å². The number of benzene rings is 1. The molecule has 4 rings (SSSR count). The third-order valence-corrected chi connectivity index (χ3v) is 7.72. The summed E-state index contributed by atoms with van der Waals surface area (Å²) in [5.74, 6) is 0.824. The summed E-state index contributed by atoms with van der Waals surface area (Å²) < 4.78 is 5.44. The monoisotopic (exact) mass is 464 g/mol. The van der Waals surface area contributed by atoms with Crippen LogP contribution in [0.25, 0.3) is 0 Å². The van der Waals surface area contributed by atoms with Crippen LogP contribution in [0, 0.1) is 5.41 Å². The Labute approximate surface area is 197 Å². The molecule has 2 heterocycles. The fourth-order valence-electron chi connectivity index (χ4n) is 5.81. The van der Waals surface area contributed by atoms with E-state index >= 15 is 0 Å². The molecule has 2 aliphatic heterocycles. The predicted octanol–water partition coefficient (Wildman–Crippen LogP) is 3.89. The molecule has 2 amide bonds. The lowest BCUT2D eigenvalue weighted by molar-refractivity contribution is -0.153. The number of hydrogen-bond acceptors (Lipinski definition) is 5. The van der Waals surface area contributed by atoms with Gasteiger partial charge >= 0.3 is 0 Å². The van der Waals surface area contributed by atoms with Crippen molar-refractivity contribution in [1.82, 2.24) is 9.80 Å². The van der Waals surface area contributed by atoms with E-state index in [0.717, 1.165) is 69.5 Å². The Morgan fingerprint density at radius 3 is 2.16 bits per heavy atom. The molecule has 1 aromatic carbocycles. The number of unbranched alkanes of at least 4 members (excludes halogenated alkanes) is 1. The maximum absolute atomic E-state index is 12.6. The smallest absolute Gasteiger partial charge is 0.229 e. The number of ether oxygens (including phenoxy) is 1. The first-order chi connectivity index (χ1) is 14.9. The SMILES string of the molecule is COc1ccccc1C1(O)CCN(CCCCN2C(=O)CC3(CCCC3)CC2=O)CC1.Cl. The van der Waals surface area contributed by atoms with Crippen molar-refractivity contribution >= 4 is 24.2 Å². The maximum Gasteiger partial charge on any atom is 0.229 e. The van der Waals surface area contributed by atoms with Crippen molar-refractivity contribution < 1.29 is 19.4 Å². The molecule has 6 nitrogen and oxygen atoms in total. The molecule has 0 unspecified atom stereocenters. The Morgan fingerprint density at radius 1 is 0.938 bits per heavy atom. The fourth-order valence-corrected chi connectivity index (χ4v) is 5.81. The van der Waals surface area contributed by atoms with Crippen molar-refractivity contribution in [3.63, 3.8) is 0 Å². The van der Waals surface area contributed by atoms with Gasteiger partial charge in [0.05, 0.1) is 12.7 Å². The zero-order valence-electron chi connectivity index (χ0n) is 19.2. The van der Waals surface area contributed by atoms with Gasteiger partial charge in [0.25, 0.3) is 0 Å². The first kappa shape index (κ1) is 25.0. The van der Waals surface area contributed by atoms with Gasteiger partial charge in [-0.25, -0.2) is 0 Å². The second-order valence-electron chi connectivity index (χ2n) is 9.78. The number of halogens is 1. The van der Waals surface area contributed by atoms with Crippen LogP contribution < -0.4 is 4.74 Å². The number of nitrogens with zero attached hydrogens (tertiary/aromatic N) is 2. The molecule has 1 aliphatic carbocycles. The number of hydrogen-bond donors (Lipinski definition) is 1.